The van der Waals surface area contributed by atoms with Crippen LogP contribution in [0.15, 0.2) is 24.3 Å². The zero-order valence-corrected chi connectivity index (χ0v) is 11.6. The van der Waals surface area contributed by atoms with E-state index >= 15 is 0 Å². The lowest BCUT2D eigenvalue weighted by atomic mass is 10.2. The van der Waals surface area contributed by atoms with E-state index in [1.54, 1.807) is 0 Å². The molecule has 0 atom stereocenters. The highest BCUT2D eigenvalue weighted by atomic mass is 16.1. The minimum absolute atomic E-state index is 0.0246. The fourth-order valence-corrected chi connectivity index (χ4v) is 1.72. The molecule has 0 aliphatic rings. The van der Waals surface area contributed by atoms with Crippen molar-refractivity contribution in [3.63, 3.8) is 0 Å². The highest BCUT2D eigenvalue weighted by Crippen LogP contribution is 2.18. The average Bonchev–Trinajstić information content (AvgIpc) is 2.92. The molecular formula is C13H18N6O. The van der Waals surface area contributed by atoms with Crippen molar-refractivity contribution in [2.24, 2.45) is 0 Å². The number of tetrazole rings is 1. The van der Waals surface area contributed by atoms with E-state index < -0.39 is 0 Å². The summed E-state index contributed by atoms with van der Waals surface area (Å²) in [7, 11) is 0. The number of carbonyl (C=O) groups excluding carboxylic acids is 1. The van der Waals surface area contributed by atoms with E-state index in [0.29, 0.717) is 24.8 Å². The van der Waals surface area contributed by atoms with Gasteiger partial charge >= 0.3 is 0 Å². The van der Waals surface area contributed by atoms with E-state index in [4.69, 9.17) is 0 Å². The smallest absolute Gasteiger partial charge is 0.225 e. The Labute approximate surface area is 117 Å². The van der Waals surface area contributed by atoms with E-state index in [0.717, 1.165) is 11.3 Å². The summed E-state index contributed by atoms with van der Waals surface area (Å²) in [5.74, 6) is 0.478. The second-order valence-electron chi connectivity index (χ2n) is 4.72. The summed E-state index contributed by atoms with van der Waals surface area (Å²) in [5, 5.41) is 19.8. The summed E-state index contributed by atoms with van der Waals surface area (Å²) in [6.07, 6.45) is 0.435. The molecule has 2 rings (SSSR count). The summed E-state index contributed by atoms with van der Waals surface area (Å²) < 4.78 is 0. The van der Waals surface area contributed by atoms with E-state index in [9.17, 15) is 4.79 Å². The largest absolute Gasteiger partial charge is 0.326 e. The SMILES string of the molecule is CC(C)NCCC(=O)Nc1cccc(-c2nn[nH]n2)c1. The molecule has 1 aromatic carbocycles. The molecule has 3 N–H and O–H groups in total. The molecule has 1 amide bonds. The molecule has 0 aliphatic heterocycles. The summed E-state index contributed by atoms with van der Waals surface area (Å²) in [6.45, 7) is 4.76. The molecule has 2 aromatic rings. The lowest BCUT2D eigenvalue weighted by Gasteiger charge is -2.09. The number of amides is 1. The van der Waals surface area contributed by atoms with Gasteiger partial charge in [-0.3, -0.25) is 4.79 Å². The predicted octanol–water partition coefficient (Wildman–Crippen LogP) is 1.19. The van der Waals surface area contributed by atoms with Crippen molar-refractivity contribution in [1.82, 2.24) is 25.9 Å². The van der Waals surface area contributed by atoms with E-state index in [2.05, 4.69) is 31.3 Å². The van der Waals surface area contributed by atoms with E-state index in [-0.39, 0.29) is 5.91 Å². The molecule has 0 aliphatic carbocycles. The minimum atomic E-state index is -0.0246. The molecule has 7 nitrogen and oxygen atoms in total. The van der Waals surface area contributed by atoms with Crippen LogP contribution in [0.5, 0.6) is 0 Å². The third kappa shape index (κ3) is 4.13. The van der Waals surface area contributed by atoms with Crippen LogP contribution in [0.25, 0.3) is 11.4 Å². The van der Waals surface area contributed by atoms with Crippen molar-refractivity contribution in [3.05, 3.63) is 24.3 Å². The molecule has 7 heteroatoms. The van der Waals surface area contributed by atoms with E-state index in [1.807, 2.05) is 38.1 Å². The fraction of sp³-hybridized carbons (Fsp3) is 0.385. The molecule has 1 aromatic heterocycles. The first-order chi connectivity index (χ1) is 9.65. The molecule has 0 unspecified atom stereocenters. The van der Waals surface area contributed by atoms with Gasteiger partial charge in [-0.2, -0.15) is 5.21 Å². The van der Waals surface area contributed by atoms with Crippen LogP contribution < -0.4 is 10.6 Å². The van der Waals surface area contributed by atoms with Gasteiger partial charge in [0.25, 0.3) is 0 Å². The number of anilines is 1. The molecule has 0 saturated heterocycles. The number of aromatic amines is 1. The van der Waals surface area contributed by atoms with Crippen molar-refractivity contribution in [3.8, 4) is 11.4 Å². The van der Waals surface area contributed by atoms with Crippen molar-refractivity contribution in [1.29, 1.82) is 0 Å². The van der Waals surface area contributed by atoms with Crippen LogP contribution in [0, 0.1) is 0 Å². The van der Waals surface area contributed by atoms with Crippen LogP contribution >= 0.6 is 0 Å². The zero-order chi connectivity index (χ0) is 14.4. The highest BCUT2D eigenvalue weighted by molar-refractivity contribution is 5.91. The summed E-state index contributed by atoms with van der Waals surface area (Å²) in [4.78, 5) is 11.8. The summed E-state index contributed by atoms with van der Waals surface area (Å²) in [6, 6.07) is 7.73. The number of nitrogens with one attached hydrogen (secondary N) is 3. The number of rotatable bonds is 6. The first kappa shape index (κ1) is 14.1. The number of hydrogen-bond donors (Lipinski definition) is 3. The Morgan fingerprint density at radius 2 is 2.25 bits per heavy atom. The summed E-state index contributed by atoms with van der Waals surface area (Å²) in [5.41, 5.74) is 1.53. The van der Waals surface area contributed by atoms with Crippen molar-refractivity contribution in [2.75, 3.05) is 11.9 Å². The Bertz CT molecular complexity index is 552. The van der Waals surface area contributed by atoms with Gasteiger partial charge < -0.3 is 10.6 Å². The van der Waals surface area contributed by atoms with Gasteiger partial charge in [0.1, 0.15) is 0 Å². The number of hydrogen-bond acceptors (Lipinski definition) is 5. The van der Waals surface area contributed by atoms with Gasteiger partial charge in [0.15, 0.2) is 0 Å². The maximum atomic E-state index is 11.8. The molecule has 0 spiro atoms. The van der Waals surface area contributed by atoms with Gasteiger partial charge in [-0.05, 0) is 17.3 Å². The Kier molecular flexibility index (Phi) is 4.78. The Morgan fingerprint density at radius 3 is 2.95 bits per heavy atom. The van der Waals surface area contributed by atoms with Crippen LogP contribution in [0.1, 0.15) is 20.3 Å². The Morgan fingerprint density at radius 1 is 1.40 bits per heavy atom. The number of carbonyl (C=O) groups is 1. The standard InChI is InChI=1S/C13H18N6O/c1-9(2)14-7-6-12(20)15-11-5-3-4-10(8-11)13-16-18-19-17-13/h3-5,8-9,14H,6-7H2,1-2H3,(H,15,20)(H,16,17,18,19). The molecule has 0 saturated carbocycles. The quantitative estimate of drug-likeness (QED) is 0.735. The van der Waals surface area contributed by atoms with Crippen LogP contribution in [0.2, 0.25) is 0 Å². The first-order valence-corrected chi connectivity index (χ1v) is 6.52. The van der Waals surface area contributed by atoms with Gasteiger partial charge in [-0.25, -0.2) is 0 Å². The minimum Gasteiger partial charge on any atom is -0.326 e. The van der Waals surface area contributed by atoms with Gasteiger partial charge in [0.05, 0.1) is 0 Å². The molecule has 0 radical (unpaired) electrons. The maximum Gasteiger partial charge on any atom is 0.225 e. The zero-order valence-electron chi connectivity index (χ0n) is 11.6. The van der Waals surface area contributed by atoms with Gasteiger partial charge in [0, 0.05) is 30.3 Å². The summed E-state index contributed by atoms with van der Waals surface area (Å²) >= 11 is 0. The lowest BCUT2D eigenvalue weighted by molar-refractivity contribution is -0.116. The third-order valence-electron chi connectivity index (χ3n) is 2.65. The number of H-pyrrole nitrogens is 1. The monoisotopic (exact) mass is 274 g/mol. The van der Waals surface area contributed by atoms with Crippen LogP contribution in [0.3, 0.4) is 0 Å². The van der Waals surface area contributed by atoms with Crippen molar-refractivity contribution < 1.29 is 4.79 Å². The molecule has 1 heterocycles. The van der Waals surface area contributed by atoms with Crippen LogP contribution in [-0.2, 0) is 4.79 Å². The van der Waals surface area contributed by atoms with Crippen molar-refractivity contribution >= 4 is 11.6 Å². The van der Waals surface area contributed by atoms with Crippen LogP contribution in [0.4, 0.5) is 5.69 Å². The highest BCUT2D eigenvalue weighted by Gasteiger charge is 2.06. The average molecular weight is 274 g/mol. The molecule has 0 bridgehead atoms. The number of nitrogens with zero attached hydrogens (tertiary/aromatic N) is 3. The topological polar surface area (TPSA) is 95.6 Å². The molecule has 20 heavy (non-hydrogen) atoms. The third-order valence-corrected chi connectivity index (χ3v) is 2.65. The predicted molar refractivity (Wildman–Crippen MR) is 76.0 cm³/mol. The van der Waals surface area contributed by atoms with Gasteiger partial charge in [-0.15, -0.1) is 10.2 Å². The van der Waals surface area contributed by atoms with Gasteiger partial charge in [0.2, 0.25) is 11.7 Å². The normalized spacial score (nSPS) is 10.8. The van der Waals surface area contributed by atoms with Gasteiger partial charge in [-0.1, -0.05) is 26.0 Å². The Hall–Kier alpha value is -2.28. The first-order valence-electron chi connectivity index (χ1n) is 6.52. The fourth-order valence-electron chi connectivity index (χ4n) is 1.72. The van der Waals surface area contributed by atoms with Crippen molar-refractivity contribution in [2.45, 2.75) is 26.3 Å². The van der Waals surface area contributed by atoms with Crippen LogP contribution in [-0.4, -0.2) is 39.1 Å². The molecular weight excluding hydrogens is 256 g/mol. The number of benzene rings is 1. The maximum absolute atomic E-state index is 11.8. The second kappa shape index (κ2) is 6.76. The Balaban J connectivity index is 1.93. The number of aromatic nitrogens is 4. The molecule has 106 valence electrons. The lowest BCUT2D eigenvalue weighted by Crippen LogP contribution is -2.27. The molecule has 0 fully saturated rings. The second-order valence-corrected chi connectivity index (χ2v) is 4.72. The van der Waals surface area contributed by atoms with E-state index in [1.165, 1.54) is 0 Å².